The van der Waals surface area contributed by atoms with Crippen molar-refractivity contribution in [3.05, 3.63) is 69.2 Å². The Bertz CT molecular complexity index is 620. The second-order valence-electron chi connectivity index (χ2n) is 4.87. The summed E-state index contributed by atoms with van der Waals surface area (Å²) >= 11 is 3.40. The van der Waals surface area contributed by atoms with E-state index in [1.807, 2.05) is 25.1 Å². The van der Waals surface area contributed by atoms with Gasteiger partial charge in [-0.25, -0.2) is 0 Å². The highest BCUT2D eigenvalue weighted by Gasteiger charge is 2.30. The second-order valence-corrected chi connectivity index (χ2v) is 5.72. The van der Waals surface area contributed by atoms with Crippen LogP contribution in [-0.4, -0.2) is 5.11 Å². The lowest BCUT2D eigenvalue weighted by Crippen LogP contribution is -2.06. The molecule has 2 aromatic rings. The third-order valence-corrected chi connectivity index (χ3v) is 4.24. The molecule has 1 nitrogen and oxygen atoms in total. The van der Waals surface area contributed by atoms with Gasteiger partial charge in [-0.15, -0.1) is 0 Å². The van der Waals surface area contributed by atoms with E-state index >= 15 is 0 Å². The summed E-state index contributed by atoms with van der Waals surface area (Å²) in [5.74, 6) is 0. The zero-order chi connectivity index (χ0) is 15.6. The van der Waals surface area contributed by atoms with Gasteiger partial charge >= 0.3 is 6.18 Å². The molecule has 0 saturated carbocycles. The standard InChI is InChI=1S/C16H14BrF3O/c1-10-13(3-2-4-14(10)17)15(21)9-11-5-7-12(8-6-11)16(18,19)20/h2-8,15,21H,9H2,1H3. The van der Waals surface area contributed by atoms with Gasteiger partial charge in [0.15, 0.2) is 0 Å². The maximum atomic E-state index is 12.5. The van der Waals surface area contributed by atoms with Gasteiger partial charge in [0, 0.05) is 10.9 Å². The van der Waals surface area contributed by atoms with E-state index in [0.29, 0.717) is 5.56 Å². The first-order chi connectivity index (χ1) is 9.79. The number of rotatable bonds is 3. The Balaban J connectivity index is 2.16. The third-order valence-electron chi connectivity index (χ3n) is 3.38. The van der Waals surface area contributed by atoms with E-state index in [4.69, 9.17) is 0 Å². The minimum Gasteiger partial charge on any atom is -0.388 e. The monoisotopic (exact) mass is 358 g/mol. The molecule has 0 aliphatic carbocycles. The first-order valence-corrected chi connectivity index (χ1v) is 7.17. The Morgan fingerprint density at radius 1 is 1.10 bits per heavy atom. The van der Waals surface area contributed by atoms with E-state index in [1.165, 1.54) is 12.1 Å². The molecule has 0 fully saturated rings. The molecular weight excluding hydrogens is 345 g/mol. The molecule has 2 aromatic carbocycles. The van der Waals surface area contributed by atoms with Crippen LogP contribution >= 0.6 is 15.9 Å². The summed E-state index contributed by atoms with van der Waals surface area (Å²) < 4.78 is 38.4. The van der Waals surface area contributed by atoms with Crippen molar-refractivity contribution in [2.45, 2.75) is 25.6 Å². The second kappa shape index (κ2) is 6.20. The normalized spacial score (nSPS) is 13.2. The zero-order valence-electron chi connectivity index (χ0n) is 11.3. The van der Waals surface area contributed by atoms with Crippen LogP contribution in [0.1, 0.15) is 28.4 Å². The summed E-state index contributed by atoms with van der Waals surface area (Å²) in [5, 5.41) is 10.3. The molecule has 0 aromatic heterocycles. The van der Waals surface area contributed by atoms with Crippen molar-refractivity contribution in [2.75, 3.05) is 0 Å². The van der Waals surface area contributed by atoms with E-state index in [1.54, 1.807) is 0 Å². The number of aliphatic hydroxyl groups excluding tert-OH is 1. The number of aliphatic hydroxyl groups is 1. The summed E-state index contributed by atoms with van der Waals surface area (Å²) in [7, 11) is 0. The molecule has 112 valence electrons. The fraction of sp³-hybridized carbons (Fsp3) is 0.250. The van der Waals surface area contributed by atoms with Crippen LogP contribution in [0.25, 0.3) is 0 Å². The minimum atomic E-state index is -4.34. The molecule has 0 saturated heterocycles. The van der Waals surface area contributed by atoms with E-state index in [9.17, 15) is 18.3 Å². The largest absolute Gasteiger partial charge is 0.416 e. The average molecular weight is 359 g/mol. The summed E-state index contributed by atoms with van der Waals surface area (Å²) in [6, 6.07) is 10.4. The highest BCUT2D eigenvalue weighted by Crippen LogP contribution is 2.30. The number of benzene rings is 2. The Morgan fingerprint density at radius 3 is 2.29 bits per heavy atom. The number of hydrogen-bond donors (Lipinski definition) is 1. The predicted molar refractivity (Wildman–Crippen MR) is 79.0 cm³/mol. The van der Waals surface area contributed by atoms with Crippen LogP contribution in [-0.2, 0) is 12.6 Å². The molecule has 1 N–H and O–H groups in total. The lowest BCUT2D eigenvalue weighted by atomic mass is 9.97. The van der Waals surface area contributed by atoms with Gasteiger partial charge < -0.3 is 5.11 Å². The average Bonchev–Trinajstić information content (AvgIpc) is 2.41. The minimum absolute atomic E-state index is 0.273. The van der Waals surface area contributed by atoms with Gasteiger partial charge in [0.2, 0.25) is 0 Å². The Hall–Kier alpha value is -1.33. The van der Waals surface area contributed by atoms with Crippen LogP contribution in [0.2, 0.25) is 0 Å². The summed E-state index contributed by atoms with van der Waals surface area (Å²) in [5.41, 5.74) is 1.68. The van der Waals surface area contributed by atoms with Crippen molar-refractivity contribution < 1.29 is 18.3 Å². The molecule has 0 aliphatic heterocycles. The fourth-order valence-corrected chi connectivity index (χ4v) is 2.53. The van der Waals surface area contributed by atoms with E-state index < -0.39 is 17.8 Å². The van der Waals surface area contributed by atoms with E-state index in [0.717, 1.165) is 27.7 Å². The maximum absolute atomic E-state index is 12.5. The quantitative estimate of drug-likeness (QED) is 0.813. The lowest BCUT2D eigenvalue weighted by Gasteiger charge is -2.15. The third kappa shape index (κ3) is 3.86. The van der Waals surface area contributed by atoms with Crippen LogP contribution in [0.5, 0.6) is 0 Å². The van der Waals surface area contributed by atoms with Crippen LogP contribution in [0.3, 0.4) is 0 Å². The number of alkyl halides is 3. The highest BCUT2D eigenvalue weighted by atomic mass is 79.9. The molecular formula is C16H14BrF3O. The van der Waals surface area contributed by atoms with Crippen molar-refractivity contribution in [2.24, 2.45) is 0 Å². The van der Waals surface area contributed by atoms with Crippen LogP contribution in [0, 0.1) is 6.92 Å². The van der Waals surface area contributed by atoms with Crippen molar-refractivity contribution in [1.29, 1.82) is 0 Å². The van der Waals surface area contributed by atoms with Crippen LogP contribution < -0.4 is 0 Å². The number of halogens is 4. The molecule has 1 unspecified atom stereocenters. The van der Waals surface area contributed by atoms with Gasteiger partial charge in [-0.3, -0.25) is 0 Å². The van der Waals surface area contributed by atoms with Crippen molar-refractivity contribution in [3.8, 4) is 0 Å². The maximum Gasteiger partial charge on any atom is 0.416 e. The van der Waals surface area contributed by atoms with E-state index in [-0.39, 0.29) is 6.42 Å². The van der Waals surface area contributed by atoms with Crippen molar-refractivity contribution >= 4 is 15.9 Å². The van der Waals surface area contributed by atoms with Crippen LogP contribution in [0.15, 0.2) is 46.9 Å². The van der Waals surface area contributed by atoms with Gasteiger partial charge in [-0.2, -0.15) is 13.2 Å². The Kier molecular flexibility index (Phi) is 4.74. The van der Waals surface area contributed by atoms with Gasteiger partial charge in [-0.05, 0) is 41.8 Å². The van der Waals surface area contributed by atoms with Gasteiger partial charge in [0.25, 0.3) is 0 Å². The Labute approximate surface area is 129 Å². The molecule has 5 heteroatoms. The van der Waals surface area contributed by atoms with E-state index in [2.05, 4.69) is 15.9 Å². The molecule has 2 rings (SSSR count). The molecule has 0 bridgehead atoms. The molecule has 0 radical (unpaired) electrons. The first kappa shape index (κ1) is 16.0. The van der Waals surface area contributed by atoms with Crippen molar-refractivity contribution in [3.63, 3.8) is 0 Å². The fourth-order valence-electron chi connectivity index (χ4n) is 2.15. The Morgan fingerprint density at radius 2 is 1.71 bits per heavy atom. The molecule has 0 amide bonds. The smallest absolute Gasteiger partial charge is 0.388 e. The topological polar surface area (TPSA) is 20.2 Å². The zero-order valence-corrected chi connectivity index (χ0v) is 12.9. The van der Waals surface area contributed by atoms with Gasteiger partial charge in [0.1, 0.15) is 0 Å². The highest BCUT2D eigenvalue weighted by molar-refractivity contribution is 9.10. The molecule has 0 aliphatic rings. The first-order valence-electron chi connectivity index (χ1n) is 6.38. The summed E-state index contributed by atoms with van der Waals surface area (Å²) in [6.45, 7) is 1.88. The SMILES string of the molecule is Cc1c(Br)cccc1C(O)Cc1ccc(C(F)(F)F)cc1. The van der Waals surface area contributed by atoms with Gasteiger partial charge in [-0.1, -0.05) is 40.2 Å². The van der Waals surface area contributed by atoms with Crippen molar-refractivity contribution in [1.82, 2.24) is 0 Å². The lowest BCUT2D eigenvalue weighted by molar-refractivity contribution is -0.137. The molecule has 0 heterocycles. The van der Waals surface area contributed by atoms with Crippen LogP contribution in [0.4, 0.5) is 13.2 Å². The molecule has 1 atom stereocenters. The predicted octanol–water partition coefficient (Wildman–Crippen LogP) is 5.05. The molecule has 0 spiro atoms. The number of hydrogen-bond acceptors (Lipinski definition) is 1. The summed E-state index contributed by atoms with van der Waals surface area (Å²) in [6.07, 6.45) is -4.81. The molecule has 21 heavy (non-hydrogen) atoms. The summed E-state index contributed by atoms with van der Waals surface area (Å²) in [4.78, 5) is 0. The van der Waals surface area contributed by atoms with Gasteiger partial charge in [0.05, 0.1) is 11.7 Å².